The molecule has 0 atom stereocenters. The minimum atomic E-state index is -1.36. The number of anilines is 1. The molecule has 2 aromatic rings. The molecular formula is C29H24N2O5. The summed E-state index contributed by atoms with van der Waals surface area (Å²) in [4.78, 5) is 37.9. The molecule has 0 unspecified atom stereocenters. The fraction of sp³-hybridized carbons (Fsp3) is 0.172. The predicted molar refractivity (Wildman–Crippen MR) is 135 cm³/mol. The number of aromatic carboxylic acids is 1. The molecule has 0 aromatic heterocycles. The average Bonchev–Trinajstić information content (AvgIpc) is 3.18. The van der Waals surface area contributed by atoms with Crippen LogP contribution in [0, 0.1) is 0 Å². The lowest BCUT2D eigenvalue weighted by molar-refractivity contribution is -0.254. The molecule has 0 spiro atoms. The molecule has 2 aromatic carbocycles. The number of carboxylic acid groups (broad SMARTS) is 1. The van der Waals surface area contributed by atoms with Gasteiger partial charge in [0.05, 0.1) is 17.7 Å². The quantitative estimate of drug-likeness (QED) is 0.254. The van der Waals surface area contributed by atoms with Crippen LogP contribution in [0.4, 0.5) is 5.69 Å². The Kier molecular flexibility index (Phi) is 5.55. The first-order chi connectivity index (χ1) is 17.2. The molecule has 2 heterocycles. The van der Waals surface area contributed by atoms with Crippen molar-refractivity contribution in [2.75, 3.05) is 19.0 Å². The monoisotopic (exact) mass is 480 g/mol. The van der Waals surface area contributed by atoms with E-state index < -0.39 is 17.8 Å². The molecular weight excluding hydrogens is 456 g/mol. The van der Waals surface area contributed by atoms with Gasteiger partial charge in [0, 0.05) is 40.3 Å². The van der Waals surface area contributed by atoms with Crippen molar-refractivity contribution in [3.8, 4) is 22.5 Å². The number of amides is 2. The highest BCUT2D eigenvalue weighted by Crippen LogP contribution is 2.43. The molecule has 0 saturated carbocycles. The van der Waals surface area contributed by atoms with Crippen molar-refractivity contribution in [1.82, 2.24) is 4.58 Å². The molecule has 0 fully saturated rings. The summed E-state index contributed by atoms with van der Waals surface area (Å²) in [6.07, 6.45) is 2.38. The third kappa shape index (κ3) is 3.79. The number of rotatable bonds is 4. The van der Waals surface area contributed by atoms with E-state index in [0.29, 0.717) is 33.4 Å². The largest absolute Gasteiger partial charge is 0.545 e. The van der Waals surface area contributed by atoms with Gasteiger partial charge in [-0.25, -0.2) is 9.48 Å². The first-order valence-electron chi connectivity index (χ1n) is 11.6. The van der Waals surface area contributed by atoms with E-state index in [9.17, 15) is 19.5 Å². The summed E-state index contributed by atoms with van der Waals surface area (Å²) in [6.45, 7) is 4.17. The molecule has 180 valence electrons. The normalized spacial score (nSPS) is 13.4. The maximum Gasteiger partial charge on any atom is 0.258 e. The Balaban J connectivity index is 1.90. The smallest absolute Gasteiger partial charge is 0.258 e. The molecule has 2 amide bonds. The SMILES string of the molecule is CC(C)c1ccc2c(-c3cc(N4C(=O)C=CC4=O)ccc3C(=O)[O-])c3ccc(=[N+](C)C)cc-3oc2c1. The molecule has 7 heteroatoms. The van der Waals surface area contributed by atoms with Crippen molar-refractivity contribution in [3.63, 3.8) is 0 Å². The average molecular weight is 481 g/mol. The van der Waals surface area contributed by atoms with E-state index in [-0.39, 0.29) is 17.2 Å². The number of carboxylic acids is 1. The summed E-state index contributed by atoms with van der Waals surface area (Å²) in [7, 11) is 3.85. The summed E-state index contributed by atoms with van der Waals surface area (Å²) in [6, 6.07) is 16.0. The number of hydrogen-bond acceptors (Lipinski definition) is 5. The Bertz CT molecular complexity index is 1640. The Labute approximate surface area is 207 Å². The minimum Gasteiger partial charge on any atom is -0.545 e. The lowest BCUT2D eigenvalue weighted by Crippen LogP contribution is -2.30. The van der Waals surface area contributed by atoms with E-state index in [4.69, 9.17) is 4.42 Å². The number of fused-ring (bicyclic) bond motifs is 2. The van der Waals surface area contributed by atoms with Gasteiger partial charge in [-0.05, 0) is 41.3 Å². The third-order valence-corrected chi connectivity index (χ3v) is 6.47. The minimum absolute atomic E-state index is 0.0516. The van der Waals surface area contributed by atoms with Gasteiger partial charge in [-0.3, -0.25) is 9.59 Å². The van der Waals surface area contributed by atoms with Crippen LogP contribution in [0.5, 0.6) is 0 Å². The van der Waals surface area contributed by atoms with Crippen molar-refractivity contribution in [3.05, 3.63) is 83.2 Å². The van der Waals surface area contributed by atoms with Gasteiger partial charge in [-0.15, -0.1) is 0 Å². The lowest BCUT2D eigenvalue weighted by Gasteiger charge is -2.21. The third-order valence-electron chi connectivity index (χ3n) is 6.47. The molecule has 0 bridgehead atoms. The second kappa shape index (κ2) is 8.61. The fourth-order valence-electron chi connectivity index (χ4n) is 4.53. The highest BCUT2D eigenvalue weighted by Gasteiger charge is 2.27. The summed E-state index contributed by atoms with van der Waals surface area (Å²) in [5, 5.41) is 13.8. The molecule has 0 radical (unpaired) electrons. The molecule has 5 rings (SSSR count). The van der Waals surface area contributed by atoms with E-state index >= 15 is 0 Å². The summed E-state index contributed by atoms with van der Waals surface area (Å²) in [5.41, 5.74) is 3.56. The van der Waals surface area contributed by atoms with Crippen molar-refractivity contribution in [2.45, 2.75) is 19.8 Å². The summed E-state index contributed by atoms with van der Waals surface area (Å²) in [5.74, 6) is -1.49. The molecule has 1 aliphatic carbocycles. The molecule has 2 aliphatic heterocycles. The Morgan fingerprint density at radius 3 is 2.28 bits per heavy atom. The maximum atomic E-state index is 12.3. The van der Waals surface area contributed by atoms with Crippen molar-refractivity contribution in [2.24, 2.45) is 0 Å². The summed E-state index contributed by atoms with van der Waals surface area (Å²) < 4.78 is 8.29. The maximum absolute atomic E-state index is 12.3. The molecule has 0 N–H and O–H groups in total. The summed E-state index contributed by atoms with van der Waals surface area (Å²) >= 11 is 0. The van der Waals surface area contributed by atoms with Crippen LogP contribution in [-0.2, 0) is 9.59 Å². The second-order valence-electron chi connectivity index (χ2n) is 9.32. The van der Waals surface area contributed by atoms with E-state index in [1.165, 1.54) is 24.3 Å². The van der Waals surface area contributed by atoms with Crippen LogP contribution in [0.2, 0.25) is 0 Å². The van der Waals surface area contributed by atoms with Gasteiger partial charge in [0.25, 0.3) is 11.8 Å². The molecule has 7 nitrogen and oxygen atoms in total. The van der Waals surface area contributed by atoms with Crippen LogP contribution in [0.3, 0.4) is 0 Å². The molecule has 36 heavy (non-hydrogen) atoms. The number of carbonyl (C=O) groups excluding carboxylic acids is 3. The number of imide groups is 1. The van der Waals surface area contributed by atoms with Crippen LogP contribution in [-0.4, -0.2) is 31.9 Å². The first kappa shape index (κ1) is 23.2. The zero-order valence-electron chi connectivity index (χ0n) is 20.4. The number of nitrogens with zero attached hydrogens (tertiary/aromatic N) is 2. The van der Waals surface area contributed by atoms with E-state index in [0.717, 1.165) is 15.8 Å². The standard InChI is InChI=1S/C29H24N2O5/c1-16(2)17-5-8-21-24(13-17)36-25-15-18(30(3)4)6-10-22(25)28(21)23-14-19(7-9-20(23)29(34)35)31-26(32)11-12-27(31)33/h5-16H,1-4H3. The zero-order chi connectivity index (χ0) is 25.7. The van der Waals surface area contributed by atoms with Crippen molar-refractivity contribution >= 4 is 34.4 Å². The Morgan fingerprint density at radius 2 is 1.64 bits per heavy atom. The molecule has 0 saturated heterocycles. The fourth-order valence-corrected chi connectivity index (χ4v) is 4.53. The topological polar surface area (TPSA) is 93.7 Å². The van der Waals surface area contributed by atoms with Crippen LogP contribution in [0.25, 0.3) is 33.4 Å². The number of carbonyl (C=O) groups is 3. The van der Waals surface area contributed by atoms with Gasteiger partial charge >= 0.3 is 0 Å². The van der Waals surface area contributed by atoms with Gasteiger partial charge in [0.2, 0.25) is 5.36 Å². The highest BCUT2D eigenvalue weighted by atomic mass is 16.4. The molecule has 3 aliphatic rings. The lowest BCUT2D eigenvalue weighted by atomic mass is 9.89. The van der Waals surface area contributed by atoms with Gasteiger partial charge in [-0.1, -0.05) is 32.0 Å². The van der Waals surface area contributed by atoms with Gasteiger partial charge in [0.15, 0.2) is 0 Å². The zero-order valence-corrected chi connectivity index (χ0v) is 20.4. The highest BCUT2D eigenvalue weighted by molar-refractivity contribution is 6.28. The Morgan fingerprint density at radius 1 is 0.917 bits per heavy atom. The Hall–Kier alpha value is -4.52. The van der Waals surface area contributed by atoms with Crippen LogP contribution >= 0.6 is 0 Å². The van der Waals surface area contributed by atoms with Crippen molar-refractivity contribution < 1.29 is 23.9 Å². The number of benzene rings is 3. The van der Waals surface area contributed by atoms with Crippen LogP contribution < -0.4 is 19.9 Å². The van der Waals surface area contributed by atoms with Gasteiger partial charge in [-0.2, -0.15) is 0 Å². The van der Waals surface area contributed by atoms with E-state index in [2.05, 4.69) is 13.8 Å². The van der Waals surface area contributed by atoms with Gasteiger partial charge in [0.1, 0.15) is 25.4 Å². The van der Waals surface area contributed by atoms with Gasteiger partial charge < -0.3 is 14.3 Å². The van der Waals surface area contributed by atoms with Crippen LogP contribution in [0.15, 0.2) is 71.2 Å². The van der Waals surface area contributed by atoms with E-state index in [1.54, 1.807) is 6.07 Å². The first-order valence-corrected chi connectivity index (χ1v) is 11.6. The second-order valence-corrected chi connectivity index (χ2v) is 9.32. The van der Waals surface area contributed by atoms with Crippen molar-refractivity contribution in [1.29, 1.82) is 0 Å². The predicted octanol–water partition coefficient (Wildman–Crippen LogP) is 3.15. The number of hydrogen-bond donors (Lipinski definition) is 0. The van der Waals surface area contributed by atoms with E-state index in [1.807, 2.05) is 55.1 Å². The van der Waals surface area contributed by atoms with Crippen LogP contribution in [0.1, 0.15) is 35.7 Å².